The molecule has 0 aliphatic heterocycles. The maximum Gasteiger partial charge on any atom is 0.263 e. The highest BCUT2D eigenvalue weighted by Crippen LogP contribution is 2.17. The third-order valence-electron chi connectivity index (χ3n) is 2.87. The topological polar surface area (TPSA) is 99.8 Å². The summed E-state index contributed by atoms with van der Waals surface area (Å²) in [5.41, 5.74) is 0.323. The number of ether oxygens (including phenoxy) is 1. The van der Waals surface area contributed by atoms with Gasteiger partial charge < -0.3 is 10.1 Å². The summed E-state index contributed by atoms with van der Waals surface area (Å²) in [7, 11) is 3.17. The van der Waals surface area contributed by atoms with E-state index in [2.05, 4.69) is 25.5 Å². The smallest absolute Gasteiger partial charge is 0.263 e. The number of carbonyl (C=O) groups excluding carboxylic acids is 1. The molecule has 9 nitrogen and oxygen atoms in total. The number of anilines is 1. The Kier molecular flexibility index (Phi) is 3.52. The number of hydrogen-bond donors (Lipinski definition) is 1. The molecule has 0 aliphatic rings. The van der Waals surface area contributed by atoms with Crippen LogP contribution >= 0.6 is 0 Å². The van der Waals surface area contributed by atoms with Gasteiger partial charge in [-0.1, -0.05) is 0 Å². The molecule has 3 heterocycles. The lowest BCUT2D eigenvalue weighted by Crippen LogP contribution is -2.14. The molecule has 0 fully saturated rings. The van der Waals surface area contributed by atoms with Crippen molar-refractivity contribution in [3.8, 4) is 11.7 Å². The first kappa shape index (κ1) is 13.7. The van der Waals surface area contributed by atoms with E-state index in [0.717, 1.165) is 0 Å². The van der Waals surface area contributed by atoms with Gasteiger partial charge in [0.2, 0.25) is 5.88 Å². The van der Waals surface area contributed by atoms with Gasteiger partial charge in [0, 0.05) is 31.7 Å². The number of amides is 1. The first-order valence-corrected chi connectivity index (χ1v) is 6.38. The van der Waals surface area contributed by atoms with Crippen molar-refractivity contribution >= 4 is 11.7 Å². The molecular formula is C13H13N7O2. The Bertz CT molecular complexity index is 795. The summed E-state index contributed by atoms with van der Waals surface area (Å²) in [6.07, 6.45) is 6.32. The summed E-state index contributed by atoms with van der Waals surface area (Å²) in [5, 5.41) is 10.8. The minimum absolute atomic E-state index is 0.251. The maximum absolute atomic E-state index is 12.3. The van der Waals surface area contributed by atoms with Crippen LogP contribution in [0.25, 0.3) is 5.82 Å². The average Bonchev–Trinajstić information content (AvgIpc) is 3.16. The second-order valence-corrected chi connectivity index (χ2v) is 4.39. The standard InChI is InChI=1S/C13H13N7O2/c1-19-7-9(13(18-19)22-2)12(21)17-10-6-11(15-8-14-10)20-5-3-4-16-20/h3-8H,1-2H3,(H,14,15,17,21). The number of aryl methyl sites for hydroxylation is 1. The molecule has 0 bridgehead atoms. The normalized spacial score (nSPS) is 10.5. The predicted octanol–water partition coefficient (Wildman–Crippen LogP) is 0.657. The van der Waals surface area contributed by atoms with E-state index < -0.39 is 0 Å². The van der Waals surface area contributed by atoms with E-state index in [9.17, 15) is 4.79 Å². The molecule has 0 atom stereocenters. The van der Waals surface area contributed by atoms with Crippen LogP contribution in [0.1, 0.15) is 10.4 Å². The quantitative estimate of drug-likeness (QED) is 0.759. The number of rotatable bonds is 4. The molecule has 3 aromatic rings. The number of aromatic nitrogens is 6. The van der Waals surface area contributed by atoms with Crippen LogP contribution in [0.4, 0.5) is 5.82 Å². The Morgan fingerprint density at radius 2 is 2.23 bits per heavy atom. The average molecular weight is 299 g/mol. The van der Waals surface area contributed by atoms with Crippen molar-refractivity contribution < 1.29 is 9.53 Å². The van der Waals surface area contributed by atoms with E-state index in [1.165, 1.54) is 18.1 Å². The molecule has 0 aromatic carbocycles. The first-order chi connectivity index (χ1) is 10.7. The van der Waals surface area contributed by atoms with Gasteiger partial charge in [0.1, 0.15) is 17.7 Å². The highest BCUT2D eigenvalue weighted by atomic mass is 16.5. The van der Waals surface area contributed by atoms with E-state index in [0.29, 0.717) is 17.2 Å². The molecule has 1 N–H and O–H groups in total. The molecule has 0 aliphatic carbocycles. The van der Waals surface area contributed by atoms with Gasteiger partial charge in [-0.2, -0.15) is 5.10 Å². The molecule has 112 valence electrons. The lowest BCUT2D eigenvalue weighted by Gasteiger charge is -2.05. The van der Waals surface area contributed by atoms with Crippen LogP contribution in [0.5, 0.6) is 5.88 Å². The van der Waals surface area contributed by atoms with Gasteiger partial charge in [0.05, 0.1) is 7.11 Å². The fraction of sp³-hybridized carbons (Fsp3) is 0.154. The van der Waals surface area contributed by atoms with Crippen molar-refractivity contribution in [3.05, 3.63) is 42.6 Å². The molecular weight excluding hydrogens is 286 g/mol. The van der Waals surface area contributed by atoms with E-state index in [1.54, 1.807) is 42.5 Å². The number of nitrogens with zero attached hydrogens (tertiary/aromatic N) is 6. The molecule has 3 aromatic heterocycles. The summed E-state index contributed by atoms with van der Waals surface area (Å²) in [6.45, 7) is 0. The summed E-state index contributed by atoms with van der Waals surface area (Å²) in [6, 6.07) is 3.40. The Hall–Kier alpha value is -3.23. The second kappa shape index (κ2) is 5.64. The van der Waals surface area contributed by atoms with Crippen molar-refractivity contribution in [3.63, 3.8) is 0 Å². The van der Waals surface area contributed by atoms with Gasteiger partial charge in [-0.3, -0.25) is 9.48 Å². The van der Waals surface area contributed by atoms with E-state index in [1.807, 2.05) is 0 Å². The molecule has 0 radical (unpaired) electrons. The van der Waals surface area contributed by atoms with Crippen LogP contribution in [0.2, 0.25) is 0 Å². The van der Waals surface area contributed by atoms with Crippen LogP contribution in [-0.2, 0) is 7.05 Å². The number of nitrogens with one attached hydrogen (secondary N) is 1. The lowest BCUT2D eigenvalue weighted by molar-refractivity contribution is 0.102. The molecule has 0 spiro atoms. The fourth-order valence-corrected chi connectivity index (χ4v) is 1.90. The zero-order valence-electron chi connectivity index (χ0n) is 12.0. The van der Waals surface area contributed by atoms with Gasteiger partial charge in [-0.05, 0) is 6.07 Å². The van der Waals surface area contributed by atoms with Gasteiger partial charge in [-0.15, -0.1) is 5.10 Å². The molecule has 0 unspecified atom stereocenters. The van der Waals surface area contributed by atoms with E-state index in [-0.39, 0.29) is 11.8 Å². The van der Waals surface area contributed by atoms with Crippen molar-refractivity contribution in [1.29, 1.82) is 0 Å². The summed E-state index contributed by atoms with van der Waals surface area (Å²) >= 11 is 0. The fourth-order valence-electron chi connectivity index (χ4n) is 1.90. The number of methoxy groups -OCH3 is 1. The highest BCUT2D eigenvalue weighted by Gasteiger charge is 2.17. The van der Waals surface area contributed by atoms with Crippen molar-refractivity contribution in [2.75, 3.05) is 12.4 Å². The van der Waals surface area contributed by atoms with Crippen LogP contribution in [0.15, 0.2) is 37.1 Å². The maximum atomic E-state index is 12.3. The Morgan fingerprint density at radius 1 is 1.36 bits per heavy atom. The Labute approximate surface area is 125 Å². The first-order valence-electron chi connectivity index (χ1n) is 6.38. The van der Waals surface area contributed by atoms with Crippen LogP contribution in [-0.4, -0.2) is 42.5 Å². The van der Waals surface area contributed by atoms with E-state index >= 15 is 0 Å². The zero-order valence-corrected chi connectivity index (χ0v) is 12.0. The molecule has 3 rings (SSSR count). The minimum atomic E-state index is -0.366. The van der Waals surface area contributed by atoms with Crippen molar-refractivity contribution in [2.45, 2.75) is 0 Å². The monoisotopic (exact) mass is 299 g/mol. The molecule has 22 heavy (non-hydrogen) atoms. The predicted molar refractivity (Wildman–Crippen MR) is 76.9 cm³/mol. The largest absolute Gasteiger partial charge is 0.479 e. The zero-order chi connectivity index (χ0) is 15.5. The molecule has 0 saturated heterocycles. The highest BCUT2D eigenvalue weighted by molar-refractivity contribution is 6.05. The molecule has 0 saturated carbocycles. The minimum Gasteiger partial charge on any atom is -0.479 e. The summed E-state index contributed by atoms with van der Waals surface area (Å²) in [4.78, 5) is 20.4. The molecule has 9 heteroatoms. The van der Waals surface area contributed by atoms with Crippen LogP contribution in [0, 0.1) is 0 Å². The Balaban J connectivity index is 1.84. The number of carbonyl (C=O) groups is 1. The molecule has 1 amide bonds. The number of hydrogen-bond acceptors (Lipinski definition) is 6. The lowest BCUT2D eigenvalue weighted by atomic mass is 10.3. The van der Waals surface area contributed by atoms with Crippen LogP contribution < -0.4 is 10.1 Å². The third kappa shape index (κ3) is 2.64. The van der Waals surface area contributed by atoms with Crippen molar-refractivity contribution in [2.24, 2.45) is 7.05 Å². The van der Waals surface area contributed by atoms with Gasteiger partial charge >= 0.3 is 0 Å². The van der Waals surface area contributed by atoms with Gasteiger partial charge in [0.25, 0.3) is 5.91 Å². The van der Waals surface area contributed by atoms with Crippen LogP contribution in [0.3, 0.4) is 0 Å². The summed E-state index contributed by atoms with van der Waals surface area (Å²) < 4.78 is 8.14. The summed E-state index contributed by atoms with van der Waals surface area (Å²) in [5.74, 6) is 0.793. The van der Waals surface area contributed by atoms with Gasteiger partial charge in [0.15, 0.2) is 5.82 Å². The Morgan fingerprint density at radius 3 is 2.95 bits per heavy atom. The van der Waals surface area contributed by atoms with Crippen molar-refractivity contribution in [1.82, 2.24) is 29.5 Å². The van der Waals surface area contributed by atoms with E-state index in [4.69, 9.17) is 4.74 Å². The third-order valence-corrected chi connectivity index (χ3v) is 2.87. The van der Waals surface area contributed by atoms with Gasteiger partial charge in [-0.25, -0.2) is 14.6 Å². The SMILES string of the molecule is COc1nn(C)cc1C(=O)Nc1cc(-n2cccn2)ncn1. The second-order valence-electron chi connectivity index (χ2n) is 4.39.